The highest BCUT2D eigenvalue weighted by Crippen LogP contribution is 2.19. The molecule has 0 bridgehead atoms. The predicted octanol–water partition coefficient (Wildman–Crippen LogP) is 3.37. The van der Waals surface area contributed by atoms with Crippen molar-refractivity contribution < 1.29 is 9.53 Å². The molecular formula is C19H26N6O2. The Balaban J connectivity index is 1.74. The first-order chi connectivity index (χ1) is 13.1. The molecule has 0 fully saturated rings. The third-order valence-corrected chi connectivity index (χ3v) is 4.59. The highest BCUT2D eigenvalue weighted by atomic mass is 16.5. The van der Waals surface area contributed by atoms with E-state index in [0.717, 1.165) is 30.4 Å². The summed E-state index contributed by atoms with van der Waals surface area (Å²) < 4.78 is 8.63. The minimum Gasteiger partial charge on any atom is -0.465 e. The molecule has 0 radical (unpaired) electrons. The molecule has 3 aromatic rings. The summed E-state index contributed by atoms with van der Waals surface area (Å²) in [5, 5.41) is 8.42. The topological polar surface area (TPSA) is 86.9 Å². The molecule has 1 N–H and O–H groups in total. The van der Waals surface area contributed by atoms with Crippen LogP contribution in [-0.2, 0) is 22.6 Å². The van der Waals surface area contributed by atoms with Crippen molar-refractivity contribution in [1.82, 2.24) is 24.3 Å². The van der Waals surface area contributed by atoms with Gasteiger partial charge in [-0.2, -0.15) is 10.1 Å². The van der Waals surface area contributed by atoms with E-state index >= 15 is 0 Å². The minimum atomic E-state index is -0.316. The number of esters is 1. The van der Waals surface area contributed by atoms with E-state index < -0.39 is 0 Å². The van der Waals surface area contributed by atoms with Crippen molar-refractivity contribution in [2.24, 2.45) is 5.92 Å². The Morgan fingerprint density at radius 3 is 2.78 bits per heavy atom. The van der Waals surface area contributed by atoms with Crippen LogP contribution in [0.3, 0.4) is 0 Å². The van der Waals surface area contributed by atoms with Crippen molar-refractivity contribution >= 4 is 28.8 Å². The Morgan fingerprint density at radius 1 is 1.22 bits per heavy atom. The first kappa shape index (κ1) is 18.9. The minimum absolute atomic E-state index is 0.0771. The number of nitrogens with zero attached hydrogens (tertiary/aromatic N) is 5. The molecule has 0 atom stereocenters. The third-order valence-electron chi connectivity index (χ3n) is 4.59. The van der Waals surface area contributed by atoms with Gasteiger partial charge in [-0.25, -0.2) is 4.98 Å². The van der Waals surface area contributed by atoms with E-state index in [1.807, 2.05) is 12.3 Å². The molecule has 8 heteroatoms. The largest absolute Gasteiger partial charge is 0.465 e. The lowest BCUT2D eigenvalue weighted by Crippen LogP contribution is -2.14. The predicted molar refractivity (Wildman–Crippen MR) is 104 cm³/mol. The van der Waals surface area contributed by atoms with Gasteiger partial charge in [0.25, 0.3) is 0 Å². The highest BCUT2D eigenvalue weighted by molar-refractivity contribution is 5.76. The Kier molecular flexibility index (Phi) is 6.05. The molecule has 0 aliphatic carbocycles. The van der Waals surface area contributed by atoms with Crippen LogP contribution in [-0.4, -0.2) is 36.9 Å². The maximum absolute atomic E-state index is 11.5. The van der Waals surface area contributed by atoms with Crippen LogP contribution in [0.15, 0.2) is 30.7 Å². The van der Waals surface area contributed by atoms with Crippen LogP contribution >= 0.6 is 0 Å². The number of nitrogens with one attached hydrogen (secondary N) is 1. The average Bonchev–Trinajstić information content (AvgIpc) is 3.26. The fraction of sp³-hybridized carbons (Fsp3) is 0.474. The molecule has 3 heterocycles. The molecule has 0 aliphatic rings. The number of fused-ring (bicyclic) bond motifs is 1. The summed E-state index contributed by atoms with van der Waals surface area (Å²) in [7, 11) is 0. The molecule has 0 spiro atoms. The molecule has 3 aromatic heterocycles. The smallest absolute Gasteiger partial charge is 0.327 e. The van der Waals surface area contributed by atoms with E-state index in [1.54, 1.807) is 19.2 Å². The summed E-state index contributed by atoms with van der Waals surface area (Å²) in [5.41, 5.74) is 0.908. The number of anilines is 2. The van der Waals surface area contributed by atoms with Crippen LogP contribution in [0.4, 0.5) is 11.8 Å². The standard InChI is InChI=1S/C19H26N6O2/c1-4-14(5-2)12-24-9-7-15-11-20-19(22-18(15)24)21-16-8-10-25(23-16)13-17(26)27-6-3/h7-11,14H,4-6,12-13H2,1-3H3,(H,20,21,22,23). The maximum atomic E-state index is 11.5. The van der Waals surface area contributed by atoms with Crippen LogP contribution in [0.2, 0.25) is 0 Å². The second-order valence-corrected chi connectivity index (χ2v) is 6.45. The van der Waals surface area contributed by atoms with Crippen molar-refractivity contribution in [3.05, 3.63) is 30.7 Å². The van der Waals surface area contributed by atoms with E-state index in [9.17, 15) is 4.79 Å². The normalized spacial score (nSPS) is 11.3. The molecule has 0 aromatic carbocycles. The monoisotopic (exact) mass is 370 g/mol. The van der Waals surface area contributed by atoms with Crippen LogP contribution in [0, 0.1) is 5.92 Å². The number of ether oxygens (including phenoxy) is 1. The lowest BCUT2D eigenvalue weighted by Gasteiger charge is -2.14. The Hall–Kier alpha value is -2.90. The van der Waals surface area contributed by atoms with Gasteiger partial charge in [0.1, 0.15) is 12.2 Å². The van der Waals surface area contributed by atoms with Crippen molar-refractivity contribution in [2.45, 2.75) is 46.7 Å². The molecule has 0 unspecified atom stereocenters. The van der Waals surface area contributed by atoms with Gasteiger partial charge in [-0.05, 0) is 18.9 Å². The lowest BCUT2D eigenvalue weighted by molar-refractivity contribution is -0.144. The zero-order valence-electron chi connectivity index (χ0n) is 16.1. The second kappa shape index (κ2) is 8.66. The molecular weight excluding hydrogens is 344 g/mol. The lowest BCUT2D eigenvalue weighted by atomic mass is 10.0. The number of aromatic nitrogens is 5. The molecule has 0 saturated heterocycles. The van der Waals surface area contributed by atoms with Gasteiger partial charge < -0.3 is 14.6 Å². The number of hydrogen-bond donors (Lipinski definition) is 1. The first-order valence-electron chi connectivity index (χ1n) is 9.40. The highest BCUT2D eigenvalue weighted by Gasteiger charge is 2.11. The number of carbonyl (C=O) groups excluding carboxylic acids is 1. The Bertz CT molecular complexity index is 897. The second-order valence-electron chi connectivity index (χ2n) is 6.45. The third kappa shape index (κ3) is 4.64. The van der Waals surface area contributed by atoms with Crippen LogP contribution in [0.25, 0.3) is 11.0 Å². The van der Waals surface area contributed by atoms with E-state index in [-0.39, 0.29) is 12.5 Å². The fourth-order valence-electron chi connectivity index (χ4n) is 2.97. The fourth-order valence-corrected chi connectivity index (χ4v) is 2.97. The zero-order valence-corrected chi connectivity index (χ0v) is 16.1. The van der Waals surface area contributed by atoms with Gasteiger partial charge >= 0.3 is 5.97 Å². The van der Waals surface area contributed by atoms with Gasteiger partial charge in [0.15, 0.2) is 5.82 Å². The summed E-state index contributed by atoms with van der Waals surface area (Å²) in [6.45, 7) is 7.59. The zero-order chi connectivity index (χ0) is 19.2. The van der Waals surface area contributed by atoms with Gasteiger partial charge in [0.05, 0.1) is 6.61 Å². The van der Waals surface area contributed by atoms with Crippen LogP contribution in [0.1, 0.15) is 33.6 Å². The molecule has 0 aliphatic heterocycles. The molecule has 0 amide bonds. The quantitative estimate of drug-likeness (QED) is 0.581. The number of rotatable bonds is 9. The Morgan fingerprint density at radius 2 is 2.04 bits per heavy atom. The van der Waals surface area contributed by atoms with Crippen molar-refractivity contribution in [2.75, 3.05) is 11.9 Å². The van der Waals surface area contributed by atoms with Crippen molar-refractivity contribution in [3.63, 3.8) is 0 Å². The number of carbonyl (C=O) groups is 1. The van der Waals surface area contributed by atoms with Gasteiger partial charge in [-0.15, -0.1) is 0 Å². The summed E-state index contributed by atoms with van der Waals surface area (Å²) >= 11 is 0. The first-order valence-corrected chi connectivity index (χ1v) is 9.40. The van der Waals surface area contributed by atoms with E-state index in [0.29, 0.717) is 24.3 Å². The van der Waals surface area contributed by atoms with E-state index in [4.69, 9.17) is 4.74 Å². The summed E-state index contributed by atoms with van der Waals surface area (Å²) in [5.74, 6) is 1.37. The van der Waals surface area contributed by atoms with Gasteiger partial charge in [0.2, 0.25) is 5.95 Å². The van der Waals surface area contributed by atoms with E-state index in [1.165, 1.54) is 4.68 Å². The van der Waals surface area contributed by atoms with Gasteiger partial charge in [0, 0.05) is 36.6 Å². The molecule has 0 saturated carbocycles. The van der Waals surface area contributed by atoms with Crippen LogP contribution < -0.4 is 5.32 Å². The Labute approximate surface area is 158 Å². The molecule has 27 heavy (non-hydrogen) atoms. The van der Waals surface area contributed by atoms with Crippen molar-refractivity contribution in [1.29, 1.82) is 0 Å². The average molecular weight is 370 g/mol. The van der Waals surface area contributed by atoms with Gasteiger partial charge in [-0.1, -0.05) is 26.7 Å². The molecule has 3 rings (SSSR count). The SMILES string of the molecule is CCOC(=O)Cn1ccc(Nc2ncc3ccn(CC(CC)CC)c3n2)n1. The summed E-state index contributed by atoms with van der Waals surface area (Å²) in [4.78, 5) is 20.6. The number of hydrogen-bond acceptors (Lipinski definition) is 6. The summed E-state index contributed by atoms with van der Waals surface area (Å²) in [6.07, 6.45) is 7.88. The summed E-state index contributed by atoms with van der Waals surface area (Å²) in [6, 6.07) is 3.81. The maximum Gasteiger partial charge on any atom is 0.327 e. The molecule has 8 nitrogen and oxygen atoms in total. The van der Waals surface area contributed by atoms with Crippen molar-refractivity contribution in [3.8, 4) is 0 Å². The van der Waals surface area contributed by atoms with Crippen LogP contribution in [0.5, 0.6) is 0 Å². The van der Waals surface area contributed by atoms with E-state index in [2.05, 4.69) is 45.0 Å². The molecule has 144 valence electrons. The van der Waals surface area contributed by atoms with Gasteiger partial charge in [-0.3, -0.25) is 9.48 Å².